The van der Waals surface area contributed by atoms with Crippen molar-refractivity contribution < 1.29 is 4.79 Å². The molecular weight excluding hydrogens is 326 g/mol. The Morgan fingerprint density at radius 2 is 2.00 bits per heavy atom. The molecule has 26 heavy (non-hydrogen) atoms. The maximum atomic E-state index is 11.4. The van der Waals surface area contributed by atoms with Gasteiger partial charge in [0, 0.05) is 48.9 Å². The van der Waals surface area contributed by atoms with Crippen LogP contribution in [0, 0.1) is 0 Å². The lowest BCUT2D eigenvalue weighted by molar-refractivity contribution is -0.118. The van der Waals surface area contributed by atoms with E-state index in [0.29, 0.717) is 6.42 Å². The monoisotopic (exact) mass is 349 g/mol. The van der Waals surface area contributed by atoms with E-state index in [1.54, 1.807) is 0 Å². The largest absolute Gasteiger partial charge is 0.370 e. The molecule has 4 rings (SSSR count). The van der Waals surface area contributed by atoms with E-state index in [2.05, 4.69) is 62.5 Å². The third-order valence-electron chi connectivity index (χ3n) is 5.08. The van der Waals surface area contributed by atoms with Crippen LogP contribution < -0.4 is 15.5 Å². The number of nitrogens with one attached hydrogen (secondary N) is 1. The van der Waals surface area contributed by atoms with Crippen LogP contribution >= 0.6 is 0 Å². The fourth-order valence-corrected chi connectivity index (χ4v) is 3.73. The Morgan fingerprint density at radius 3 is 2.81 bits per heavy atom. The molecule has 0 bridgehead atoms. The van der Waals surface area contributed by atoms with Crippen molar-refractivity contribution in [2.75, 3.05) is 29.4 Å². The molecule has 1 atom stereocenters. The van der Waals surface area contributed by atoms with Gasteiger partial charge in [0.15, 0.2) is 0 Å². The molecule has 0 radical (unpaired) electrons. The molecule has 134 valence electrons. The number of H-pyrrole nitrogens is 1. The van der Waals surface area contributed by atoms with Gasteiger partial charge in [-0.1, -0.05) is 18.2 Å². The predicted octanol–water partition coefficient (Wildman–Crippen LogP) is 2.52. The molecule has 0 aliphatic carbocycles. The van der Waals surface area contributed by atoms with Gasteiger partial charge in [0.1, 0.15) is 0 Å². The number of hydrogen-bond acceptors (Lipinski definition) is 4. The first-order valence-electron chi connectivity index (χ1n) is 8.99. The number of rotatable bonds is 5. The zero-order chi connectivity index (χ0) is 17.9. The number of nitrogens with zero attached hydrogens (tertiary/aromatic N) is 3. The van der Waals surface area contributed by atoms with Crippen molar-refractivity contribution in [3.05, 3.63) is 54.7 Å². The minimum Gasteiger partial charge on any atom is -0.370 e. The second-order valence-corrected chi connectivity index (χ2v) is 6.78. The number of hydrogen-bond donors (Lipinski definition) is 2. The summed E-state index contributed by atoms with van der Waals surface area (Å²) in [5, 5.41) is 8.20. The topological polar surface area (TPSA) is 78.3 Å². The molecule has 1 aliphatic rings. The van der Waals surface area contributed by atoms with E-state index in [9.17, 15) is 4.79 Å². The number of piperazine rings is 1. The van der Waals surface area contributed by atoms with Crippen LogP contribution in [0.1, 0.15) is 12.8 Å². The average molecular weight is 349 g/mol. The number of amides is 1. The molecule has 3 N–H and O–H groups in total. The van der Waals surface area contributed by atoms with Gasteiger partial charge in [-0.3, -0.25) is 9.89 Å². The second-order valence-electron chi connectivity index (χ2n) is 6.78. The number of benzene rings is 2. The first-order valence-corrected chi connectivity index (χ1v) is 8.99. The van der Waals surface area contributed by atoms with Crippen LogP contribution in [-0.2, 0) is 4.79 Å². The number of nitrogens with two attached hydrogens (primary N) is 1. The van der Waals surface area contributed by atoms with Gasteiger partial charge in [0.05, 0.1) is 11.7 Å². The fourth-order valence-electron chi connectivity index (χ4n) is 3.73. The molecule has 1 amide bonds. The van der Waals surface area contributed by atoms with E-state index in [1.807, 2.05) is 12.3 Å². The Morgan fingerprint density at radius 1 is 1.15 bits per heavy atom. The molecule has 2 aromatic carbocycles. The van der Waals surface area contributed by atoms with E-state index in [0.717, 1.165) is 37.0 Å². The molecule has 1 saturated heterocycles. The third kappa shape index (κ3) is 3.35. The highest BCUT2D eigenvalue weighted by molar-refractivity contribution is 5.82. The summed E-state index contributed by atoms with van der Waals surface area (Å²) < 4.78 is 0. The molecule has 1 aromatic heterocycles. The van der Waals surface area contributed by atoms with Crippen molar-refractivity contribution >= 4 is 28.2 Å². The number of fused-ring (bicyclic) bond motifs is 1. The smallest absolute Gasteiger partial charge is 0.217 e. The normalized spacial score (nSPS) is 17.6. The summed E-state index contributed by atoms with van der Waals surface area (Å²) in [5.41, 5.74) is 8.84. The fraction of sp³-hybridized carbons (Fsp3) is 0.300. The maximum Gasteiger partial charge on any atom is 0.217 e. The summed E-state index contributed by atoms with van der Waals surface area (Å²) in [6.45, 7) is 2.73. The van der Waals surface area contributed by atoms with Crippen molar-refractivity contribution in [3.63, 3.8) is 0 Å². The number of aromatic amines is 1. The summed E-state index contributed by atoms with van der Waals surface area (Å²) in [7, 11) is 0. The molecule has 6 heteroatoms. The number of aromatic nitrogens is 2. The Bertz CT molecular complexity index is 891. The lowest BCUT2D eigenvalue weighted by Crippen LogP contribution is -2.53. The van der Waals surface area contributed by atoms with E-state index in [4.69, 9.17) is 5.73 Å². The number of carbonyl (C=O) groups excluding carboxylic acids is 1. The highest BCUT2D eigenvalue weighted by Gasteiger charge is 2.27. The van der Waals surface area contributed by atoms with Crippen molar-refractivity contribution in [3.8, 4) is 0 Å². The number of para-hydroxylation sites is 1. The lowest BCUT2D eigenvalue weighted by Gasteiger charge is -2.44. The highest BCUT2D eigenvalue weighted by Crippen LogP contribution is 2.28. The SMILES string of the molecule is NC(=O)CCC1CN(c2ccccc2)CCN1c1ccc2[nH]ncc2c1. The van der Waals surface area contributed by atoms with Gasteiger partial charge in [-0.25, -0.2) is 0 Å². The Kier molecular flexibility index (Phi) is 4.48. The van der Waals surface area contributed by atoms with Gasteiger partial charge in [-0.15, -0.1) is 0 Å². The summed E-state index contributed by atoms with van der Waals surface area (Å²) in [6, 6.07) is 17.0. The van der Waals surface area contributed by atoms with Crippen molar-refractivity contribution in [2.24, 2.45) is 5.73 Å². The highest BCUT2D eigenvalue weighted by atomic mass is 16.1. The number of primary amides is 1. The molecular formula is C20H23N5O. The van der Waals surface area contributed by atoms with E-state index in [-0.39, 0.29) is 11.9 Å². The molecule has 0 saturated carbocycles. The van der Waals surface area contributed by atoms with E-state index in [1.165, 1.54) is 11.4 Å². The Labute approximate surface area is 152 Å². The van der Waals surface area contributed by atoms with Crippen molar-refractivity contribution in [1.29, 1.82) is 0 Å². The summed E-state index contributed by atoms with van der Waals surface area (Å²) in [4.78, 5) is 16.1. The number of carbonyl (C=O) groups is 1. The van der Waals surface area contributed by atoms with Crippen LogP contribution in [-0.4, -0.2) is 41.8 Å². The quantitative estimate of drug-likeness (QED) is 0.742. The molecule has 0 spiro atoms. The molecule has 6 nitrogen and oxygen atoms in total. The molecule has 3 aromatic rings. The van der Waals surface area contributed by atoms with Crippen LogP contribution in [0.3, 0.4) is 0 Å². The first-order chi connectivity index (χ1) is 12.7. The molecule has 2 heterocycles. The zero-order valence-electron chi connectivity index (χ0n) is 14.6. The summed E-state index contributed by atoms with van der Waals surface area (Å²) in [6.07, 6.45) is 3.00. The van der Waals surface area contributed by atoms with Gasteiger partial charge in [0.2, 0.25) is 5.91 Å². The summed E-state index contributed by atoms with van der Waals surface area (Å²) >= 11 is 0. The molecule has 1 aliphatic heterocycles. The van der Waals surface area contributed by atoms with Gasteiger partial charge in [-0.2, -0.15) is 5.10 Å². The second kappa shape index (κ2) is 7.07. The van der Waals surface area contributed by atoms with Crippen LogP contribution in [0.2, 0.25) is 0 Å². The van der Waals surface area contributed by atoms with Crippen LogP contribution in [0.15, 0.2) is 54.7 Å². The summed E-state index contributed by atoms with van der Waals surface area (Å²) in [5.74, 6) is -0.243. The Hall–Kier alpha value is -3.02. The van der Waals surface area contributed by atoms with Crippen LogP contribution in [0.4, 0.5) is 11.4 Å². The molecule has 1 fully saturated rings. The van der Waals surface area contributed by atoms with Crippen molar-refractivity contribution in [2.45, 2.75) is 18.9 Å². The Balaban J connectivity index is 1.59. The number of anilines is 2. The van der Waals surface area contributed by atoms with E-state index >= 15 is 0 Å². The van der Waals surface area contributed by atoms with Gasteiger partial charge < -0.3 is 15.5 Å². The maximum absolute atomic E-state index is 11.4. The standard InChI is InChI=1S/C20H23N5O/c21-20(26)9-7-18-14-24(16-4-2-1-3-5-16)10-11-25(18)17-6-8-19-15(12-17)13-22-23-19/h1-6,8,12-13,18H,7,9-11,14H2,(H2,21,26)(H,22,23). The average Bonchev–Trinajstić information content (AvgIpc) is 3.14. The predicted molar refractivity (Wildman–Crippen MR) is 104 cm³/mol. The first kappa shape index (κ1) is 16.4. The van der Waals surface area contributed by atoms with Gasteiger partial charge in [0.25, 0.3) is 0 Å². The lowest BCUT2D eigenvalue weighted by atomic mass is 10.0. The minimum atomic E-state index is -0.243. The van der Waals surface area contributed by atoms with Crippen LogP contribution in [0.25, 0.3) is 10.9 Å². The van der Waals surface area contributed by atoms with Crippen molar-refractivity contribution in [1.82, 2.24) is 10.2 Å². The molecule has 1 unspecified atom stereocenters. The third-order valence-corrected chi connectivity index (χ3v) is 5.08. The minimum absolute atomic E-state index is 0.237. The van der Waals surface area contributed by atoms with Gasteiger partial charge >= 0.3 is 0 Å². The zero-order valence-corrected chi connectivity index (χ0v) is 14.6. The van der Waals surface area contributed by atoms with Crippen LogP contribution in [0.5, 0.6) is 0 Å². The van der Waals surface area contributed by atoms with E-state index < -0.39 is 0 Å². The van der Waals surface area contributed by atoms with Gasteiger partial charge in [-0.05, 0) is 36.8 Å².